The van der Waals surface area contributed by atoms with Crippen LogP contribution < -0.4 is 15.5 Å². The molecule has 9 heteroatoms. The summed E-state index contributed by atoms with van der Waals surface area (Å²) in [5, 5.41) is 6.65. The minimum Gasteiger partial charge on any atom is -0.369 e. The first-order chi connectivity index (χ1) is 15.2. The number of halogens is 3. The summed E-state index contributed by atoms with van der Waals surface area (Å²) in [7, 11) is 2.08. The minimum atomic E-state index is -4.46. The molecule has 2 N–H and O–H groups in total. The number of nitrogens with one attached hydrogen (secondary N) is 2. The van der Waals surface area contributed by atoms with Crippen LogP contribution in [0.2, 0.25) is 0 Å². The van der Waals surface area contributed by atoms with Crippen LogP contribution in [0.1, 0.15) is 31.7 Å². The molecule has 2 atom stereocenters. The van der Waals surface area contributed by atoms with Gasteiger partial charge >= 0.3 is 12.2 Å². The van der Waals surface area contributed by atoms with E-state index in [9.17, 15) is 18.0 Å². The molecule has 4 rings (SSSR count). The summed E-state index contributed by atoms with van der Waals surface area (Å²) in [6, 6.07) is 5.90. The summed E-state index contributed by atoms with van der Waals surface area (Å²) in [5.74, 6) is 0.284. The Morgan fingerprint density at radius 2 is 1.81 bits per heavy atom. The number of piperidine rings is 2. The number of nitrogens with zero attached hydrogens (tertiary/aromatic N) is 3. The lowest BCUT2D eigenvalue weighted by atomic mass is 9.94. The van der Waals surface area contributed by atoms with Crippen LogP contribution in [0.25, 0.3) is 10.9 Å². The van der Waals surface area contributed by atoms with Crippen LogP contribution in [-0.2, 0) is 6.18 Å². The van der Waals surface area contributed by atoms with Crippen LogP contribution in [0.3, 0.4) is 0 Å². The average Bonchev–Trinajstić information content (AvgIpc) is 2.73. The van der Waals surface area contributed by atoms with Crippen molar-refractivity contribution in [2.75, 3.05) is 38.1 Å². The van der Waals surface area contributed by atoms with Crippen molar-refractivity contribution in [1.82, 2.24) is 20.5 Å². The molecule has 32 heavy (non-hydrogen) atoms. The van der Waals surface area contributed by atoms with Crippen LogP contribution in [0, 0.1) is 5.92 Å². The molecule has 0 unspecified atom stereocenters. The Kier molecular flexibility index (Phi) is 6.46. The highest BCUT2D eigenvalue weighted by Gasteiger charge is 2.35. The molecule has 0 bridgehead atoms. The predicted molar refractivity (Wildman–Crippen MR) is 119 cm³/mol. The Hall–Kier alpha value is -2.55. The average molecular weight is 450 g/mol. The summed E-state index contributed by atoms with van der Waals surface area (Å²) in [5.41, 5.74) is -0.0514. The van der Waals surface area contributed by atoms with Gasteiger partial charge in [0.1, 0.15) is 0 Å². The van der Waals surface area contributed by atoms with Gasteiger partial charge in [-0.05, 0) is 69.6 Å². The van der Waals surface area contributed by atoms with Crippen molar-refractivity contribution < 1.29 is 18.0 Å². The molecule has 2 saturated heterocycles. The zero-order valence-electron chi connectivity index (χ0n) is 18.5. The summed E-state index contributed by atoms with van der Waals surface area (Å²) < 4.78 is 40.4. The summed E-state index contributed by atoms with van der Waals surface area (Å²) in [4.78, 5) is 20.9. The first-order valence-corrected chi connectivity index (χ1v) is 11.2. The van der Waals surface area contributed by atoms with Gasteiger partial charge in [0.05, 0.1) is 11.1 Å². The van der Waals surface area contributed by atoms with Gasteiger partial charge in [0.15, 0.2) is 0 Å². The monoisotopic (exact) mass is 449 g/mol. The van der Waals surface area contributed by atoms with Gasteiger partial charge in [-0.25, -0.2) is 4.79 Å². The van der Waals surface area contributed by atoms with Crippen LogP contribution in [0.5, 0.6) is 0 Å². The Balaban J connectivity index is 1.49. The number of likely N-dealkylation sites (tertiary alicyclic amines) is 1. The number of carbonyl (C=O) groups excluding carboxylic acids is 1. The molecule has 6 nitrogen and oxygen atoms in total. The zero-order valence-corrected chi connectivity index (χ0v) is 18.5. The van der Waals surface area contributed by atoms with Gasteiger partial charge in [0.25, 0.3) is 0 Å². The quantitative estimate of drug-likeness (QED) is 0.747. The number of rotatable bonds is 3. The maximum atomic E-state index is 13.5. The highest BCUT2D eigenvalue weighted by molar-refractivity contribution is 5.94. The maximum Gasteiger partial charge on any atom is 0.418 e. The minimum absolute atomic E-state index is 0.0414. The number of pyridine rings is 1. The second kappa shape index (κ2) is 9.13. The molecule has 2 aromatic rings. The van der Waals surface area contributed by atoms with Gasteiger partial charge in [-0.15, -0.1) is 0 Å². The van der Waals surface area contributed by atoms with Crippen molar-refractivity contribution >= 4 is 22.6 Å². The second-order valence-electron chi connectivity index (χ2n) is 9.17. The molecule has 1 aromatic heterocycles. The van der Waals surface area contributed by atoms with Gasteiger partial charge in [-0.1, -0.05) is 6.92 Å². The molecule has 0 aliphatic carbocycles. The van der Waals surface area contributed by atoms with Gasteiger partial charge in [0.2, 0.25) is 0 Å². The first kappa shape index (κ1) is 22.6. The fourth-order valence-electron chi connectivity index (χ4n) is 4.88. The van der Waals surface area contributed by atoms with E-state index in [-0.39, 0.29) is 29.5 Å². The summed E-state index contributed by atoms with van der Waals surface area (Å²) in [6.45, 7) is 5.29. The largest absolute Gasteiger partial charge is 0.418 e. The number of alkyl halides is 3. The van der Waals surface area contributed by atoms with Crippen molar-refractivity contribution in [2.45, 2.75) is 44.4 Å². The van der Waals surface area contributed by atoms with E-state index >= 15 is 0 Å². The number of benzene rings is 1. The molecule has 2 amide bonds. The third kappa shape index (κ3) is 5.09. The molecule has 3 heterocycles. The first-order valence-electron chi connectivity index (χ1n) is 11.2. The Labute approximate surface area is 186 Å². The van der Waals surface area contributed by atoms with Crippen LogP contribution in [0.4, 0.5) is 23.7 Å². The normalized spacial score (nSPS) is 23.3. The van der Waals surface area contributed by atoms with Gasteiger partial charge in [0, 0.05) is 42.4 Å². The van der Waals surface area contributed by atoms with E-state index in [0.717, 1.165) is 44.1 Å². The number of aromatic nitrogens is 1. The van der Waals surface area contributed by atoms with Gasteiger partial charge in [-0.2, -0.15) is 13.2 Å². The zero-order chi connectivity index (χ0) is 22.9. The highest BCUT2D eigenvalue weighted by Crippen LogP contribution is 2.38. The molecule has 2 aliphatic heterocycles. The maximum absolute atomic E-state index is 13.5. The molecule has 0 saturated carbocycles. The summed E-state index contributed by atoms with van der Waals surface area (Å²) >= 11 is 0. The Morgan fingerprint density at radius 1 is 1.09 bits per heavy atom. The van der Waals surface area contributed by atoms with Crippen molar-refractivity contribution in [1.29, 1.82) is 0 Å². The number of hydrogen-bond acceptors (Lipinski definition) is 4. The van der Waals surface area contributed by atoms with E-state index in [1.54, 1.807) is 12.1 Å². The Morgan fingerprint density at radius 3 is 2.53 bits per heavy atom. The third-order valence-electron chi connectivity index (χ3n) is 6.44. The van der Waals surface area contributed by atoms with Crippen molar-refractivity contribution in [2.24, 2.45) is 5.92 Å². The molecular formula is C23H30F3N5O. The van der Waals surface area contributed by atoms with E-state index in [2.05, 4.69) is 39.4 Å². The number of urea groups is 1. The number of carbonyl (C=O) groups is 1. The van der Waals surface area contributed by atoms with Crippen LogP contribution >= 0.6 is 0 Å². The van der Waals surface area contributed by atoms with Crippen LogP contribution in [0.15, 0.2) is 30.5 Å². The number of anilines is 1. The Bertz CT molecular complexity index is 958. The van der Waals surface area contributed by atoms with E-state index in [0.29, 0.717) is 18.5 Å². The lowest BCUT2D eigenvalue weighted by Gasteiger charge is -2.39. The number of fused-ring (bicyclic) bond motifs is 1. The van der Waals surface area contributed by atoms with E-state index in [4.69, 9.17) is 0 Å². The summed E-state index contributed by atoms with van der Waals surface area (Å²) in [6.07, 6.45) is -0.383. The van der Waals surface area contributed by atoms with E-state index < -0.39 is 11.7 Å². The number of amides is 2. The molecule has 2 aliphatic rings. The molecule has 0 radical (unpaired) electrons. The SMILES string of the molecule is C[C@H]1C[C@@H](NC(=O)NC2CCN(C)CC2)CN(c2ccc(C(F)(F)F)c3ncccc23)C1. The number of hydrogen-bond donors (Lipinski definition) is 2. The molecule has 0 spiro atoms. The van der Waals surface area contributed by atoms with E-state index in [1.165, 1.54) is 12.3 Å². The van der Waals surface area contributed by atoms with Gasteiger partial charge in [-0.3, -0.25) is 4.98 Å². The van der Waals surface area contributed by atoms with Crippen molar-refractivity contribution in [3.63, 3.8) is 0 Å². The molecule has 174 valence electrons. The fraction of sp³-hybridized carbons (Fsp3) is 0.565. The highest BCUT2D eigenvalue weighted by atomic mass is 19.4. The lowest BCUT2D eigenvalue weighted by Crippen LogP contribution is -2.55. The standard InChI is InChI=1S/C23H30F3N5O/c1-15-12-17(29-22(32)28-16-7-10-30(2)11-8-16)14-31(13-15)20-6-5-19(23(24,25)26)21-18(20)4-3-9-27-21/h3-6,9,15-17H,7-8,10-14H2,1-2H3,(H2,28,29,32)/t15-,17+/m0/s1. The topological polar surface area (TPSA) is 60.5 Å². The van der Waals surface area contributed by atoms with Crippen molar-refractivity contribution in [3.8, 4) is 0 Å². The van der Waals surface area contributed by atoms with Crippen molar-refractivity contribution in [3.05, 3.63) is 36.0 Å². The fourth-order valence-corrected chi connectivity index (χ4v) is 4.88. The van der Waals surface area contributed by atoms with Crippen LogP contribution in [-0.4, -0.2) is 61.2 Å². The molecule has 1 aromatic carbocycles. The van der Waals surface area contributed by atoms with E-state index in [1.807, 2.05) is 0 Å². The lowest BCUT2D eigenvalue weighted by molar-refractivity contribution is -0.136. The third-order valence-corrected chi connectivity index (χ3v) is 6.44. The smallest absolute Gasteiger partial charge is 0.369 e. The molecular weight excluding hydrogens is 419 g/mol. The second-order valence-corrected chi connectivity index (χ2v) is 9.17. The molecule has 2 fully saturated rings. The predicted octanol–water partition coefficient (Wildman–Crippen LogP) is 3.86. The van der Waals surface area contributed by atoms with Gasteiger partial charge < -0.3 is 20.4 Å².